The second-order valence-corrected chi connectivity index (χ2v) is 10.2. The monoisotopic (exact) mass is 531 g/mol. The van der Waals surface area contributed by atoms with Crippen molar-refractivity contribution in [1.29, 1.82) is 5.26 Å². The van der Waals surface area contributed by atoms with Crippen molar-refractivity contribution >= 4 is 22.8 Å². The first-order valence-electron chi connectivity index (χ1n) is 12.8. The highest BCUT2D eigenvalue weighted by Gasteiger charge is 2.27. The fraction of sp³-hybridized carbons (Fsp3) is 0.370. The van der Waals surface area contributed by atoms with E-state index in [4.69, 9.17) is 0 Å². The van der Waals surface area contributed by atoms with E-state index in [1.807, 2.05) is 23.0 Å². The third-order valence-electron chi connectivity index (χ3n) is 6.81. The number of aromatic nitrogens is 5. The summed E-state index contributed by atoms with van der Waals surface area (Å²) in [5, 5.41) is 37.1. The van der Waals surface area contributed by atoms with Gasteiger partial charge in [-0.3, -0.25) is 14.5 Å². The molecule has 4 N–H and O–H groups in total. The molecular weight excluding hydrogens is 501 g/mol. The van der Waals surface area contributed by atoms with Crippen molar-refractivity contribution in [3.63, 3.8) is 0 Å². The molecule has 1 aliphatic rings. The van der Waals surface area contributed by atoms with Gasteiger partial charge in [0.1, 0.15) is 12.2 Å². The van der Waals surface area contributed by atoms with E-state index in [1.165, 1.54) is 26.2 Å². The summed E-state index contributed by atoms with van der Waals surface area (Å²) in [5.41, 5.74) is 2.13. The lowest BCUT2D eigenvalue weighted by molar-refractivity contribution is -0.00177. The number of fused-ring (bicyclic) bond motifs is 1. The molecule has 0 saturated carbocycles. The molecule has 11 nitrogen and oxygen atoms in total. The van der Waals surface area contributed by atoms with Crippen LogP contribution in [0.15, 0.2) is 49.1 Å². The molecule has 1 atom stereocenters. The molecule has 1 unspecified atom stereocenters. The summed E-state index contributed by atoms with van der Waals surface area (Å²) in [5.74, 6) is -0.536. The number of rotatable bonds is 8. The zero-order chi connectivity index (χ0) is 27.6. The first-order chi connectivity index (χ1) is 18.7. The number of carbonyl (C=O) groups is 1. The summed E-state index contributed by atoms with van der Waals surface area (Å²) in [6.07, 6.45) is 6.80. The Balaban J connectivity index is 1.47. The lowest BCUT2D eigenvalue weighted by atomic mass is 10.0. The molecule has 5 heterocycles. The van der Waals surface area contributed by atoms with Gasteiger partial charge in [0.15, 0.2) is 0 Å². The summed E-state index contributed by atoms with van der Waals surface area (Å²) in [6.45, 7) is 4.21. The van der Waals surface area contributed by atoms with Crippen molar-refractivity contribution < 1.29 is 14.3 Å². The van der Waals surface area contributed by atoms with Crippen molar-refractivity contribution in [3.05, 3.63) is 60.2 Å². The minimum atomic E-state index is -1.65. The van der Waals surface area contributed by atoms with Crippen LogP contribution in [-0.2, 0) is 0 Å². The topological polar surface area (TPSA) is 145 Å². The van der Waals surface area contributed by atoms with Crippen LogP contribution in [0.2, 0.25) is 0 Å². The number of pyridine rings is 1. The molecule has 202 valence electrons. The lowest BCUT2D eigenvalue weighted by Gasteiger charge is -2.23. The minimum absolute atomic E-state index is 0.205. The summed E-state index contributed by atoms with van der Waals surface area (Å²) < 4.78 is 17.9. The van der Waals surface area contributed by atoms with Gasteiger partial charge in [-0.1, -0.05) is 0 Å². The molecular formula is C27H30FN9O2. The van der Waals surface area contributed by atoms with E-state index in [0.717, 1.165) is 31.4 Å². The Kier molecular flexibility index (Phi) is 7.28. The Morgan fingerprint density at radius 2 is 2.05 bits per heavy atom. The average Bonchev–Trinajstić information content (AvgIpc) is 3.58. The molecule has 0 spiro atoms. The van der Waals surface area contributed by atoms with Crippen LogP contribution < -0.4 is 16.0 Å². The Hall–Kier alpha value is -4.34. The van der Waals surface area contributed by atoms with Gasteiger partial charge in [-0.05, 0) is 64.0 Å². The summed E-state index contributed by atoms with van der Waals surface area (Å²) >= 11 is 0. The number of hydrogen-bond acceptors (Lipinski definition) is 8. The van der Waals surface area contributed by atoms with E-state index in [1.54, 1.807) is 22.8 Å². The zero-order valence-corrected chi connectivity index (χ0v) is 21.7. The minimum Gasteiger partial charge on any atom is -0.387 e. The van der Waals surface area contributed by atoms with Crippen molar-refractivity contribution in [3.8, 4) is 17.5 Å². The predicted molar refractivity (Wildman–Crippen MR) is 143 cm³/mol. The number of carbonyl (C=O) groups excluding carboxylic acids is 1. The number of piperidine rings is 1. The Labute approximate surface area is 224 Å². The van der Waals surface area contributed by atoms with Gasteiger partial charge in [-0.15, -0.1) is 0 Å². The van der Waals surface area contributed by atoms with Gasteiger partial charge < -0.3 is 21.1 Å². The number of alkyl halides is 1. The van der Waals surface area contributed by atoms with Crippen LogP contribution in [0.3, 0.4) is 0 Å². The number of amides is 1. The largest absolute Gasteiger partial charge is 0.387 e. The number of aliphatic hydroxyl groups is 1. The van der Waals surface area contributed by atoms with Gasteiger partial charge in [0.05, 0.1) is 70.0 Å². The van der Waals surface area contributed by atoms with E-state index < -0.39 is 17.7 Å². The molecule has 0 radical (unpaired) electrons. The van der Waals surface area contributed by atoms with Gasteiger partial charge in [0.2, 0.25) is 0 Å². The molecule has 1 aliphatic heterocycles. The maximum Gasteiger partial charge on any atom is 0.255 e. The van der Waals surface area contributed by atoms with Crippen LogP contribution in [0.25, 0.3) is 16.9 Å². The molecule has 12 heteroatoms. The molecule has 0 aliphatic carbocycles. The lowest BCUT2D eigenvalue weighted by Crippen LogP contribution is -2.42. The highest BCUT2D eigenvalue weighted by Crippen LogP contribution is 2.28. The molecule has 1 fully saturated rings. The third-order valence-corrected chi connectivity index (χ3v) is 6.81. The first kappa shape index (κ1) is 26.3. The normalized spacial score (nSPS) is 15.2. The fourth-order valence-corrected chi connectivity index (χ4v) is 4.49. The van der Waals surface area contributed by atoms with Crippen LogP contribution in [0.1, 0.15) is 48.7 Å². The van der Waals surface area contributed by atoms with E-state index >= 15 is 0 Å². The predicted octanol–water partition coefficient (Wildman–Crippen LogP) is 2.97. The SMILES string of the molecule is CC(C)(O)C(F)CNC(=O)c1cnc(-c2ccc3cc(C#N)cnn23)cc1Nc1cnn(C2CCNCC2)c1. The standard InChI is InChI=1S/C27H30FN9O2/c1-27(2,39)25(28)15-32-26(38)21-14-31-23(24-4-3-20-9-17(11-29)12-34-37(20)24)10-22(21)35-18-13-33-36(16-18)19-5-7-30-8-6-19/h3-4,9-10,12-14,16,19,25,30,39H,5-8,15H2,1-2H3,(H,31,35)(H,32,38). The fourth-order valence-electron chi connectivity index (χ4n) is 4.49. The molecule has 5 rings (SSSR count). The van der Waals surface area contributed by atoms with E-state index in [-0.39, 0.29) is 18.2 Å². The highest BCUT2D eigenvalue weighted by atomic mass is 19.1. The van der Waals surface area contributed by atoms with E-state index in [0.29, 0.717) is 28.3 Å². The van der Waals surface area contributed by atoms with Gasteiger partial charge in [-0.25, -0.2) is 8.91 Å². The quantitative estimate of drug-likeness (QED) is 0.272. The second kappa shape index (κ2) is 10.8. The Morgan fingerprint density at radius 3 is 2.79 bits per heavy atom. The molecule has 39 heavy (non-hydrogen) atoms. The Morgan fingerprint density at radius 1 is 1.26 bits per heavy atom. The van der Waals surface area contributed by atoms with Gasteiger partial charge in [0, 0.05) is 12.4 Å². The van der Waals surface area contributed by atoms with Gasteiger partial charge in [-0.2, -0.15) is 15.5 Å². The number of nitrogens with one attached hydrogen (secondary N) is 3. The summed E-state index contributed by atoms with van der Waals surface area (Å²) in [4.78, 5) is 17.6. The molecule has 1 amide bonds. The third kappa shape index (κ3) is 5.74. The van der Waals surface area contributed by atoms with Crippen LogP contribution in [0, 0.1) is 11.3 Å². The molecule has 0 bridgehead atoms. The summed E-state index contributed by atoms with van der Waals surface area (Å²) in [6, 6.07) is 9.48. The van der Waals surface area contributed by atoms with Crippen molar-refractivity contribution in [2.75, 3.05) is 25.0 Å². The highest BCUT2D eigenvalue weighted by molar-refractivity contribution is 6.00. The van der Waals surface area contributed by atoms with Crippen LogP contribution in [-0.4, -0.2) is 66.8 Å². The smallest absolute Gasteiger partial charge is 0.255 e. The van der Waals surface area contributed by atoms with Crippen molar-refractivity contribution in [2.45, 2.75) is 44.5 Å². The van der Waals surface area contributed by atoms with Crippen molar-refractivity contribution in [1.82, 2.24) is 35.0 Å². The van der Waals surface area contributed by atoms with E-state index in [9.17, 15) is 19.6 Å². The second-order valence-electron chi connectivity index (χ2n) is 10.2. The number of halogens is 1. The maximum atomic E-state index is 14.3. The average molecular weight is 532 g/mol. The summed E-state index contributed by atoms with van der Waals surface area (Å²) in [7, 11) is 0. The number of nitrogens with zero attached hydrogens (tertiary/aromatic N) is 6. The Bertz CT molecular complexity index is 1530. The van der Waals surface area contributed by atoms with Gasteiger partial charge in [0.25, 0.3) is 5.91 Å². The number of hydrogen-bond donors (Lipinski definition) is 4. The van der Waals surface area contributed by atoms with Crippen LogP contribution >= 0.6 is 0 Å². The van der Waals surface area contributed by atoms with Crippen molar-refractivity contribution in [2.24, 2.45) is 0 Å². The van der Waals surface area contributed by atoms with Gasteiger partial charge >= 0.3 is 0 Å². The zero-order valence-electron chi connectivity index (χ0n) is 21.7. The number of nitriles is 1. The molecule has 4 aromatic rings. The van der Waals surface area contributed by atoms with Crippen LogP contribution in [0.5, 0.6) is 0 Å². The first-order valence-corrected chi connectivity index (χ1v) is 12.8. The molecule has 0 aromatic carbocycles. The molecule has 4 aromatic heterocycles. The maximum absolute atomic E-state index is 14.3. The van der Waals surface area contributed by atoms with E-state index in [2.05, 4.69) is 37.2 Å². The molecule has 1 saturated heterocycles. The number of anilines is 2. The van der Waals surface area contributed by atoms with Crippen LogP contribution in [0.4, 0.5) is 15.8 Å².